The Kier molecular flexibility index (Phi) is 5.95. The first kappa shape index (κ1) is 17.7. The molecule has 0 aromatic carbocycles. The SMILES string of the molecule is COC(=O)C(CC1CC(O)C(F)C1)NC(=O)OC(C)(C)C. The normalized spacial score (nSPS) is 27.0. The quantitative estimate of drug-likeness (QED) is 0.770. The lowest BCUT2D eigenvalue weighted by molar-refractivity contribution is -0.143. The number of carbonyl (C=O) groups is 2. The number of carbonyl (C=O) groups excluding carboxylic acids is 2. The summed E-state index contributed by atoms with van der Waals surface area (Å²) in [7, 11) is 1.22. The number of halogens is 1. The maximum absolute atomic E-state index is 13.3. The van der Waals surface area contributed by atoms with E-state index < -0.39 is 36.0 Å². The van der Waals surface area contributed by atoms with Gasteiger partial charge in [-0.25, -0.2) is 14.0 Å². The zero-order valence-electron chi connectivity index (χ0n) is 12.9. The van der Waals surface area contributed by atoms with Crippen molar-refractivity contribution in [2.45, 2.75) is 64.0 Å². The number of aliphatic hydroxyl groups is 1. The van der Waals surface area contributed by atoms with Crippen LogP contribution in [-0.4, -0.2) is 48.2 Å². The Morgan fingerprint density at radius 2 is 2.00 bits per heavy atom. The summed E-state index contributed by atoms with van der Waals surface area (Å²) in [5, 5.41) is 11.8. The van der Waals surface area contributed by atoms with E-state index in [0.717, 1.165) is 0 Å². The Bertz CT molecular complexity index is 372. The van der Waals surface area contributed by atoms with Gasteiger partial charge in [-0.1, -0.05) is 0 Å². The minimum absolute atomic E-state index is 0.171. The molecule has 122 valence electrons. The summed E-state index contributed by atoms with van der Waals surface area (Å²) in [5.74, 6) is -0.799. The zero-order valence-corrected chi connectivity index (χ0v) is 12.9. The lowest BCUT2D eigenvalue weighted by atomic mass is 9.98. The molecule has 4 atom stereocenters. The van der Waals surface area contributed by atoms with Crippen LogP contribution in [0.5, 0.6) is 0 Å². The number of amides is 1. The highest BCUT2D eigenvalue weighted by Gasteiger charge is 2.36. The first-order valence-corrected chi connectivity index (χ1v) is 7.02. The molecule has 0 saturated heterocycles. The maximum Gasteiger partial charge on any atom is 0.408 e. The zero-order chi connectivity index (χ0) is 16.2. The molecular weight excluding hydrogens is 281 g/mol. The fraction of sp³-hybridized carbons (Fsp3) is 0.857. The van der Waals surface area contributed by atoms with E-state index in [1.807, 2.05) is 0 Å². The third-order valence-corrected chi connectivity index (χ3v) is 3.30. The molecule has 0 aliphatic heterocycles. The largest absolute Gasteiger partial charge is 0.467 e. The van der Waals surface area contributed by atoms with Gasteiger partial charge in [0.15, 0.2) is 0 Å². The smallest absolute Gasteiger partial charge is 0.408 e. The van der Waals surface area contributed by atoms with Gasteiger partial charge < -0.3 is 19.9 Å². The van der Waals surface area contributed by atoms with Crippen molar-refractivity contribution in [1.29, 1.82) is 0 Å². The van der Waals surface area contributed by atoms with Crippen molar-refractivity contribution in [2.24, 2.45) is 5.92 Å². The number of esters is 1. The summed E-state index contributed by atoms with van der Waals surface area (Å²) in [6, 6.07) is -0.910. The summed E-state index contributed by atoms with van der Waals surface area (Å²) in [5.41, 5.74) is -0.682. The van der Waals surface area contributed by atoms with Crippen LogP contribution in [-0.2, 0) is 14.3 Å². The van der Waals surface area contributed by atoms with Crippen molar-refractivity contribution >= 4 is 12.1 Å². The molecule has 0 bridgehead atoms. The maximum atomic E-state index is 13.3. The minimum atomic E-state index is -1.28. The molecule has 1 fully saturated rings. The van der Waals surface area contributed by atoms with E-state index in [4.69, 9.17) is 4.74 Å². The second-order valence-electron chi connectivity index (χ2n) is 6.38. The number of ether oxygens (including phenoxy) is 2. The van der Waals surface area contributed by atoms with Crippen LogP contribution in [0.3, 0.4) is 0 Å². The van der Waals surface area contributed by atoms with Crippen molar-refractivity contribution in [3.63, 3.8) is 0 Å². The average molecular weight is 305 g/mol. The first-order chi connectivity index (χ1) is 9.62. The van der Waals surface area contributed by atoms with E-state index in [-0.39, 0.29) is 25.2 Å². The number of rotatable bonds is 4. The first-order valence-electron chi connectivity index (χ1n) is 7.02. The Hall–Kier alpha value is -1.37. The van der Waals surface area contributed by atoms with Gasteiger partial charge in [0.1, 0.15) is 17.8 Å². The van der Waals surface area contributed by atoms with E-state index >= 15 is 0 Å². The molecule has 0 heterocycles. The summed E-state index contributed by atoms with van der Waals surface area (Å²) in [4.78, 5) is 23.4. The molecule has 0 spiro atoms. The molecule has 1 rings (SSSR count). The highest BCUT2D eigenvalue weighted by Crippen LogP contribution is 2.31. The van der Waals surface area contributed by atoms with Gasteiger partial charge in [0, 0.05) is 0 Å². The highest BCUT2D eigenvalue weighted by molar-refractivity contribution is 5.81. The predicted octanol–water partition coefficient (Wildman–Crippen LogP) is 1.55. The van der Waals surface area contributed by atoms with E-state index in [1.165, 1.54) is 7.11 Å². The van der Waals surface area contributed by atoms with Crippen LogP contribution < -0.4 is 5.32 Å². The van der Waals surface area contributed by atoms with Gasteiger partial charge >= 0.3 is 12.1 Å². The molecule has 6 nitrogen and oxygen atoms in total. The number of hydrogen-bond donors (Lipinski definition) is 2. The number of aliphatic hydroxyl groups excluding tert-OH is 1. The lowest BCUT2D eigenvalue weighted by Crippen LogP contribution is -2.44. The Morgan fingerprint density at radius 1 is 1.38 bits per heavy atom. The van der Waals surface area contributed by atoms with Crippen LogP contribution in [0.1, 0.15) is 40.0 Å². The number of nitrogens with one attached hydrogen (secondary N) is 1. The second kappa shape index (κ2) is 7.06. The van der Waals surface area contributed by atoms with Gasteiger partial charge in [-0.15, -0.1) is 0 Å². The van der Waals surface area contributed by atoms with E-state index in [9.17, 15) is 19.1 Å². The Labute approximate surface area is 124 Å². The molecular formula is C14H24FNO5. The average Bonchev–Trinajstić information content (AvgIpc) is 2.64. The molecule has 2 N–H and O–H groups in total. The number of methoxy groups -OCH3 is 1. The standard InChI is InChI=1S/C14H24FNO5/c1-14(2,3)21-13(19)16-10(12(18)20-4)6-8-5-9(15)11(17)7-8/h8-11,17H,5-7H2,1-4H3,(H,16,19). The summed E-state index contributed by atoms with van der Waals surface area (Å²) in [6.45, 7) is 5.13. The van der Waals surface area contributed by atoms with Crippen LogP contribution in [0.25, 0.3) is 0 Å². The van der Waals surface area contributed by atoms with Gasteiger partial charge in [0.2, 0.25) is 0 Å². The third-order valence-electron chi connectivity index (χ3n) is 3.30. The van der Waals surface area contributed by atoms with Gasteiger partial charge in [-0.2, -0.15) is 0 Å². The molecule has 0 aromatic rings. The van der Waals surface area contributed by atoms with Crippen molar-refractivity contribution in [1.82, 2.24) is 5.32 Å². The number of hydrogen-bond acceptors (Lipinski definition) is 5. The molecule has 4 unspecified atom stereocenters. The molecule has 0 radical (unpaired) electrons. The third kappa shape index (κ3) is 5.87. The summed E-state index contributed by atoms with van der Waals surface area (Å²) >= 11 is 0. The Balaban J connectivity index is 2.60. The summed E-state index contributed by atoms with van der Waals surface area (Å²) in [6.07, 6.45) is -2.36. The minimum Gasteiger partial charge on any atom is -0.467 e. The second-order valence-corrected chi connectivity index (χ2v) is 6.38. The van der Waals surface area contributed by atoms with Gasteiger partial charge in [0.25, 0.3) is 0 Å². The number of alkyl carbamates (subject to hydrolysis) is 1. The van der Waals surface area contributed by atoms with Crippen LogP contribution in [0.4, 0.5) is 9.18 Å². The molecule has 1 aliphatic carbocycles. The topological polar surface area (TPSA) is 84.9 Å². The molecule has 0 aromatic heterocycles. The Morgan fingerprint density at radius 3 is 2.43 bits per heavy atom. The summed E-state index contributed by atoms with van der Waals surface area (Å²) < 4.78 is 23.0. The highest BCUT2D eigenvalue weighted by atomic mass is 19.1. The van der Waals surface area contributed by atoms with E-state index in [0.29, 0.717) is 0 Å². The van der Waals surface area contributed by atoms with Crippen molar-refractivity contribution in [2.75, 3.05) is 7.11 Å². The molecule has 1 saturated carbocycles. The fourth-order valence-electron chi connectivity index (χ4n) is 2.39. The molecule has 1 aliphatic rings. The van der Waals surface area contributed by atoms with Crippen molar-refractivity contribution in [3.8, 4) is 0 Å². The molecule has 21 heavy (non-hydrogen) atoms. The van der Waals surface area contributed by atoms with Gasteiger partial charge in [-0.05, 0) is 46.0 Å². The van der Waals surface area contributed by atoms with Gasteiger partial charge in [0.05, 0.1) is 13.2 Å². The molecule has 7 heteroatoms. The van der Waals surface area contributed by atoms with Crippen LogP contribution in [0.15, 0.2) is 0 Å². The van der Waals surface area contributed by atoms with Gasteiger partial charge in [-0.3, -0.25) is 0 Å². The van der Waals surface area contributed by atoms with Crippen LogP contribution >= 0.6 is 0 Å². The van der Waals surface area contributed by atoms with Crippen LogP contribution in [0.2, 0.25) is 0 Å². The number of alkyl halides is 1. The van der Waals surface area contributed by atoms with E-state index in [1.54, 1.807) is 20.8 Å². The molecule has 1 amide bonds. The van der Waals surface area contributed by atoms with Crippen molar-refractivity contribution in [3.05, 3.63) is 0 Å². The lowest BCUT2D eigenvalue weighted by Gasteiger charge is -2.23. The van der Waals surface area contributed by atoms with E-state index in [2.05, 4.69) is 10.1 Å². The van der Waals surface area contributed by atoms with Crippen molar-refractivity contribution < 1.29 is 28.6 Å². The van der Waals surface area contributed by atoms with Crippen LogP contribution in [0, 0.1) is 5.92 Å². The fourth-order valence-corrected chi connectivity index (χ4v) is 2.39. The predicted molar refractivity (Wildman–Crippen MR) is 73.4 cm³/mol. The monoisotopic (exact) mass is 305 g/mol.